The lowest BCUT2D eigenvalue weighted by molar-refractivity contribution is 0.563. The van der Waals surface area contributed by atoms with E-state index in [0.717, 1.165) is 29.9 Å². The fraction of sp³-hybridized carbons (Fsp3) is 0.111. The lowest BCUT2D eigenvalue weighted by atomic mass is 9.75. The van der Waals surface area contributed by atoms with Crippen LogP contribution in [-0.2, 0) is 23.7 Å². The number of aromatic nitrogens is 1. The summed E-state index contributed by atoms with van der Waals surface area (Å²) in [5.41, 5.74) is 20.9. The third-order valence-corrected chi connectivity index (χ3v) is 13.4. The summed E-state index contributed by atoms with van der Waals surface area (Å²) < 4.78 is 2.43. The number of hydrogen-bond acceptors (Lipinski definition) is 1. The molecule has 0 radical (unpaired) electrons. The molecule has 2 heteroatoms. The highest BCUT2D eigenvalue weighted by atomic mass is 15.1. The van der Waals surface area contributed by atoms with Gasteiger partial charge in [-0.05, 0) is 123 Å². The largest absolute Gasteiger partial charge is 0.310 e. The molecule has 3 aliphatic carbocycles. The Morgan fingerprint density at radius 1 is 0.411 bits per heavy atom. The van der Waals surface area contributed by atoms with Gasteiger partial charge in [0.05, 0.1) is 11.0 Å². The lowest BCUT2D eigenvalue weighted by Crippen LogP contribution is -2.26. The molecule has 0 atom stereocenters. The first-order valence-electron chi connectivity index (χ1n) is 19.9. The maximum atomic E-state index is 2.53. The molecule has 0 saturated carbocycles. The van der Waals surface area contributed by atoms with Gasteiger partial charge in [0.25, 0.3) is 0 Å². The summed E-state index contributed by atoms with van der Waals surface area (Å²) in [5.74, 6) is 0. The van der Waals surface area contributed by atoms with Crippen molar-refractivity contribution in [1.29, 1.82) is 0 Å². The molecule has 0 aliphatic heterocycles. The van der Waals surface area contributed by atoms with Crippen molar-refractivity contribution in [3.63, 3.8) is 0 Å². The Labute approximate surface area is 327 Å². The summed E-state index contributed by atoms with van der Waals surface area (Å²) >= 11 is 0. The van der Waals surface area contributed by atoms with E-state index in [9.17, 15) is 0 Å². The second kappa shape index (κ2) is 11.4. The highest BCUT2D eigenvalue weighted by Crippen LogP contribution is 2.57. The van der Waals surface area contributed by atoms with Crippen molar-refractivity contribution in [2.75, 3.05) is 4.90 Å². The van der Waals surface area contributed by atoms with E-state index in [1.54, 1.807) is 0 Å². The van der Waals surface area contributed by atoms with Gasteiger partial charge in [-0.1, -0.05) is 141 Å². The molecule has 0 N–H and O–H groups in total. The van der Waals surface area contributed by atoms with Gasteiger partial charge in [-0.3, -0.25) is 0 Å². The van der Waals surface area contributed by atoms with Gasteiger partial charge < -0.3 is 9.47 Å². The van der Waals surface area contributed by atoms with E-state index >= 15 is 0 Å². The Hall–Kier alpha value is -6.64. The third-order valence-electron chi connectivity index (χ3n) is 13.4. The van der Waals surface area contributed by atoms with E-state index in [0.29, 0.717) is 0 Å². The molecule has 9 aromatic rings. The van der Waals surface area contributed by atoms with Gasteiger partial charge in [0.15, 0.2) is 0 Å². The van der Waals surface area contributed by atoms with Crippen molar-refractivity contribution < 1.29 is 0 Å². The van der Waals surface area contributed by atoms with Gasteiger partial charge in [-0.2, -0.15) is 0 Å². The first-order chi connectivity index (χ1) is 27.5. The number of para-hydroxylation sites is 2. The first kappa shape index (κ1) is 31.7. The summed E-state index contributed by atoms with van der Waals surface area (Å²) in [6.07, 6.45) is 2.04. The smallest absolute Gasteiger partial charge is 0.0561 e. The minimum absolute atomic E-state index is 0.0615. The summed E-state index contributed by atoms with van der Waals surface area (Å²) in [7, 11) is 0. The van der Waals surface area contributed by atoms with E-state index in [1.807, 2.05) is 0 Å². The third kappa shape index (κ3) is 4.27. The summed E-state index contributed by atoms with van der Waals surface area (Å²) in [4.78, 5) is 2.51. The SMILES string of the molecule is CC1(C)c2ccccc2-c2cc(N(c3ccc4c(c3)C3(Cc5ccccc5C3)c3ccccc3-4)c3ccc4c5ccccc5n(-c5ccccc5)c4c3)ccc21. The van der Waals surface area contributed by atoms with Crippen molar-refractivity contribution in [3.05, 3.63) is 215 Å². The van der Waals surface area contributed by atoms with Gasteiger partial charge in [0, 0.05) is 44.4 Å². The Bertz CT molecular complexity index is 3050. The van der Waals surface area contributed by atoms with Crippen molar-refractivity contribution >= 4 is 38.9 Å². The lowest BCUT2D eigenvalue weighted by Gasteiger charge is -2.30. The van der Waals surface area contributed by atoms with Crippen LogP contribution in [0.25, 0.3) is 49.7 Å². The molecule has 3 aliphatic rings. The Morgan fingerprint density at radius 3 is 1.77 bits per heavy atom. The molecule has 1 heterocycles. The van der Waals surface area contributed by atoms with Crippen LogP contribution in [0.2, 0.25) is 0 Å². The van der Waals surface area contributed by atoms with E-state index in [2.05, 4.69) is 205 Å². The van der Waals surface area contributed by atoms with Crippen molar-refractivity contribution in [1.82, 2.24) is 4.57 Å². The molecule has 1 spiro atoms. The zero-order valence-electron chi connectivity index (χ0n) is 31.6. The number of fused-ring (bicyclic) bond motifs is 12. The fourth-order valence-electron chi connectivity index (χ4n) is 10.8. The normalized spacial score (nSPS) is 15.1. The Morgan fingerprint density at radius 2 is 0.964 bits per heavy atom. The van der Waals surface area contributed by atoms with Crippen molar-refractivity contribution in [3.8, 4) is 27.9 Å². The minimum atomic E-state index is -0.0954. The van der Waals surface area contributed by atoms with Crippen LogP contribution in [0.1, 0.15) is 47.2 Å². The highest BCUT2D eigenvalue weighted by molar-refractivity contribution is 6.10. The van der Waals surface area contributed by atoms with Gasteiger partial charge >= 0.3 is 0 Å². The molecule has 0 fully saturated rings. The van der Waals surface area contributed by atoms with Gasteiger partial charge in [0.2, 0.25) is 0 Å². The fourth-order valence-corrected chi connectivity index (χ4v) is 10.8. The van der Waals surface area contributed by atoms with Gasteiger partial charge in [-0.15, -0.1) is 0 Å². The predicted molar refractivity (Wildman–Crippen MR) is 233 cm³/mol. The molecule has 0 unspecified atom stereocenters. The van der Waals surface area contributed by atoms with Crippen LogP contribution >= 0.6 is 0 Å². The number of anilines is 3. The van der Waals surface area contributed by atoms with Crippen LogP contribution in [0.4, 0.5) is 17.1 Å². The molecule has 2 nitrogen and oxygen atoms in total. The van der Waals surface area contributed by atoms with Crippen LogP contribution in [0.5, 0.6) is 0 Å². The van der Waals surface area contributed by atoms with Gasteiger partial charge in [0.1, 0.15) is 0 Å². The molecular weight excluding hydrogens is 677 g/mol. The Balaban J connectivity index is 1.11. The van der Waals surface area contributed by atoms with Crippen molar-refractivity contribution in [2.45, 2.75) is 37.5 Å². The molecule has 12 rings (SSSR count). The number of benzene rings is 8. The summed E-state index contributed by atoms with van der Waals surface area (Å²) in [6, 6.07) is 68.4. The van der Waals surface area contributed by atoms with E-state index in [1.165, 1.54) is 83.1 Å². The summed E-state index contributed by atoms with van der Waals surface area (Å²) in [5, 5.41) is 2.52. The van der Waals surface area contributed by atoms with Crippen LogP contribution in [0.15, 0.2) is 182 Å². The molecular formula is C54H40N2. The predicted octanol–water partition coefficient (Wildman–Crippen LogP) is 13.6. The average molecular weight is 717 g/mol. The van der Waals surface area contributed by atoms with E-state index in [-0.39, 0.29) is 10.8 Å². The van der Waals surface area contributed by atoms with Crippen molar-refractivity contribution in [2.24, 2.45) is 0 Å². The van der Waals surface area contributed by atoms with Crippen LogP contribution in [0.3, 0.4) is 0 Å². The molecule has 266 valence electrons. The average Bonchev–Trinajstić information content (AvgIpc) is 3.94. The molecule has 0 bridgehead atoms. The minimum Gasteiger partial charge on any atom is -0.310 e. The number of rotatable bonds is 4. The summed E-state index contributed by atoms with van der Waals surface area (Å²) in [6.45, 7) is 4.73. The van der Waals surface area contributed by atoms with E-state index < -0.39 is 0 Å². The monoisotopic (exact) mass is 716 g/mol. The maximum absolute atomic E-state index is 2.53. The second-order valence-corrected chi connectivity index (χ2v) is 16.6. The quantitative estimate of drug-likeness (QED) is 0.176. The zero-order valence-corrected chi connectivity index (χ0v) is 31.6. The number of hydrogen-bond donors (Lipinski definition) is 0. The Kier molecular flexibility index (Phi) is 6.47. The molecule has 0 amide bonds. The molecule has 8 aromatic carbocycles. The molecule has 1 aromatic heterocycles. The molecule has 56 heavy (non-hydrogen) atoms. The van der Waals surface area contributed by atoms with E-state index in [4.69, 9.17) is 0 Å². The molecule has 0 saturated heterocycles. The van der Waals surface area contributed by atoms with Gasteiger partial charge in [-0.25, -0.2) is 0 Å². The maximum Gasteiger partial charge on any atom is 0.0561 e. The first-order valence-corrected chi connectivity index (χ1v) is 19.9. The van der Waals surface area contributed by atoms with Crippen LogP contribution in [-0.4, -0.2) is 4.57 Å². The zero-order chi connectivity index (χ0) is 37.2. The van der Waals surface area contributed by atoms with Crippen LogP contribution in [0, 0.1) is 0 Å². The number of nitrogens with zero attached hydrogens (tertiary/aromatic N) is 2. The van der Waals surface area contributed by atoms with Crippen LogP contribution < -0.4 is 4.90 Å². The standard InChI is InChI=1S/C54H40N2/c1-53(2)47-21-11-8-19-42(47)46-30-38(26-29-48(46)53)55(40-25-28-45-44-20-10-13-23-51(44)56(52(45)32-40)37-16-4-3-5-17-37)39-24-27-43-41-18-9-12-22-49(41)54(50(43)31-39)33-35-14-6-7-15-36(35)34-54/h3-32H,33-34H2,1-2H3. The highest BCUT2D eigenvalue weighted by Gasteiger charge is 2.47. The second-order valence-electron chi connectivity index (χ2n) is 16.6. The topological polar surface area (TPSA) is 8.17 Å².